The molecule has 1 unspecified atom stereocenters. The summed E-state index contributed by atoms with van der Waals surface area (Å²) in [7, 11) is 0. The average Bonchev–Trinajstić information content (AvgIpc) is 2.88. The highest BCUT2D eigenvalue weighted by Crippen LogP contribution is 2.20. The van der Waals surface area contributed by atoms with Crippen LogP contribution in [0.1, 0.15) is 35.9 Å². The Morgan fingerprint density at radius 2 is 2.05 bits per heavy atom. The largest absolute Gasteiger partial charge is 0.344 e. The number of rotatable bonds is 5. The summed E-state index contributed by atoms with van der Waals surface area (Å²) in [6.07, 6.45) is 3.98. The van der Waals surface area contributed by atoms with Crippen molar-refractivity contribution in [2.45, 2.75) is 31.3 Å². The minimum absolute atomic E-state index is 0.0209. The second kappa shape index (κ2) is 7.18. The molecule has 1 amide bonds. The number of nitrogens with zero attached hydrogens (tertiary/aromatic N) is 1. The van der Waals surface area contributed by atoms with Gasteiger partial charge in [-0.3, -0.25) is 4.79 Å². The summed E-state index contributed by atoms with van der Waals surface area (Å²) < 4.78 is 2.86. The van der Waals surface area contributed by atoms with Crippen LogP contribution >= 0.6 is 27.7 Å². The molecule has 0 aliphatic carbocycles. The van der Waals surface area contributed by atoms with Gasteiger partial charge in [0, 0.05) is 22.1 Å². The summed E-state index contributed by atoms with van der Waals surface area (Å²) in [5.74, 6) is -0.0519. The standard InChI is InChI=1S/C16H19BrN2OS/c1-4-19-10-13(17)9-15(19)16(20)18-11(2)12-5-7-14(21-3)8-6-12/h5-11H,4H2,1-3H3,(H,18,20). The molecule has 21 heavy (non-hydrogen) atoms. The molecule has 1 atom stereocenters. The smallest absolute Gasteiger partial charge is 0.268 e. The zero-order valence-corrected chi connectivity index (χ0v) is 14.8. The SMILES string of the molecule is CCn1cc(Br)cc1C(=O)NC(C)c1ccc(SC)cc1. The van der Waals surface area contributed by atoms with Crippen LogP contribution < -0.4 is 5.32 Å². The minimum atomic E-state index is -0.0519. The van der Waals surface area contributed by atoms with E-state index >= 15 is 0 Å². The first-order valence-corrected chi connectivity index (χ1v) is 8.87. The summed E-state index contributed by atoms with van der Waals surface area (Å²) in [6, 6.07) is 10.1. The molecule has 0 spiro atoms. The molecule has 2 aromatic rings. The van der Waals surface area contributed by atoms with E-state index in [4.69, 9.17) is 0 Å². The number of hydrogen-bond donors (Lipinski definition) is 1. The van der Waals surface area contributed by atoms with Crippen molar-refractivity contribution in [3.8, 4) is 0 Å². The minimum Gasteiger partial charge on any atom is -0.344 e. The van der Waals surface area contributed by atoms with Gasteiger partial charge in [0.2, 0.25) is 0 Å². The fourth-order valence-electron chi connectivity index (χ4n) is 2.17. The Kier molecular flexibility index (Phi) is 5.53. The molecule has 0 aliphatic rings. The van der Waals surface area contributed by atoms with E-state index in [1.165, 1.54) is 4.90 Å². The Morgan fingerprint density at radius 1 is 1.38 bits per heavy atom. The highest BCUT2D eigenvalue weighted by molar-refractivity contribution is 9.10. The van der Waals surface area contributed by atoms with Crippen molar-refractivity contribution in [3.63, 3.8) is 0 Å². The van der Waals surface area contributed by atoms with Gasteiger partial charge in [0.05, 0.1) is 6.04 Å². The molecule has 1 aromatic carbocycles. The van der Waals surface area contributed by atoms with Gasteiger partial charge in [-0.05, 0) is 59.8 Å². The topological polar surface area (TPSA) is 34.0 Å². The van der Waals surface area contributed by atoms with Crippen LogP contribution in [0, 0.1) is 0 Å². The van der Waals surface area contributed by atoms with Gasteiger partial charge in [-0.25, -0.2) is 0 Å². The number of aryl methyl sites for hydroxylation is 1. The van der Waals surface area contributed by atoms with Crippen LogP contribution in [0.5, 0.6) is 0 Å². The lowest BCUT2D eigenvalue weighted by molar-refractivity contribution is 0.0930. The summed E-state index contributed by atoms with van der Waals surface area (Å²) in [5, 5.41) is 3.05. The molecule has 3 nitrogen and oxygen atoms in total. The van der Waals surface area contributed by atoms with Crippen molar-refractivity contribution in [3.05, 3.63) is 52.3 Å². The van der Waals surface area contributed by atoms with E-state index in [-0.39, 0.29) is 11.9 Å². The fraction of sp³-hybridized carbons (Fsp3) is 0.312. The van der Waals surface area contributed by atoms with E-state index in [1.54, 1.807) is 11.8 Å². The second-order valence-electron chi connectivity index (χ2n) is 4.80. The first-order valence-electron chi connectivity index (χ1n) is 6.85. The van der Waals surface area contributed by atoms with Crippen LogP contribution in [0.3, 0.4) is 0 Å². The summed E-state index contributed by atoms with van der Waals surface area (Å²) in [4.78, 5) is 13.6. The molecule has 5 heteroatoms. The molecule has 0 saturated carbocycles. The summed E-state index contributed by atoms with van der Waals surface area (Å²) >= 11 is 5.13. The fourth-order valence-corrected chi connectivity index (χ4v) is 3.05. The van der Waals surface area contributed by atoms with Gasteiger partial charge < -0.3 is 9.88 Å². The van der Waals surface area contributed by atoms with Crippen molar-refractivity contribution in [1.82, 2.24) is 9.88 Å². The van der Waals surface area contributed by atoms with Gasteiger partial charge in [-0.1, -0.05) is 12.1 Å². The third-order valence-electron chi connectivity index (χ3n) is 3.40. The number of carbonyl (C=O) groups is 1. The Morgan fingerprint density at radius 3 is 2.62 bits per heavy atom. The molecule has 0 aliphatic heterocycles. The van der Waals surface area contributed by atoms with Gasteiger partial charge in [-0.2, -0.15) is 0 Å². The Hall–Kier alpha value is -1.20. The maximum atomic E-state index is 12.4. The molecular weight excluding hydrogens is 348 g/mol. The monoisotopic (exact) mass is 366 g/mol. The lowest BCUT2D eigenvalue weighted by Crippen LogP contribution is -2.28. The number of carbonyl (C=O) groups excluding carboxylic acids is 1. The van der Waals surface area contributed by atoms with Crippen molar-refractivity contribution in [2.24, 2.45) is 0 Å². The quantitative estimate of drug-likeness (QED) is 0.791. The summed E-state index contributed by atoms with van der Waals surface area (Å²) in [5.41, 5.74) is 1.78. The third-order valence-corrected chi connectivity index (χ3v) is 4.58. The number of aromatic nitrogens is 1. The van der Waals surface area contributed by atoms with E-state index in [9.17, 15) is 4.79 Å². The van der Waals surface area contributed by atoms with E-state index in [0.29, 0.717) is 5.69 Å². The average molecular weight is 367 g/mol. The van der Waals surface area contributed by atoms with Gasteiger partial charge in [0.25, 0.3) is 5.91 Å². The van der Waals surface area contributed by atoms with Crippen molar-refractivity contribution in [2.75, 3.05) is 6.26 Å². The molecule has 0 radical (unpaired) electrons. The van der Waals surface area contributed by atoms with Crippen LogP contribution in [0.4, 0.5) is 0 Å². The molecular formula is C16H19BrN2OS. The van der Waals surface area contributed by atoms with Crippen molar-refractivity contribution in [1.29, 1.82) is 0 Å². The molecule has 1 N–H and O–H groups in total. The van der Waals surface area contributed by atoms with Gasteiger partial charge in [-0.15, -0.1) is 11.8 Å². The Balaban J connectivity index is 2.10. The molecule has 112 valence electrons. The normalized spacial score (nSPS) is 12.2. The number of benzene rings is 1. The van der Waals surface area contributed by atoms with Crippen LogP contribution in [0.25, 0.3) is 0 Å². The highest BCUT2D eigenvalue weighted by atomic mass is 79.9. The maximum absolute atomic E-state index is 12.4. The van der Waals surface area contributed by atoms with Gasteiger partial charge in [0.1, 0.15) is 5.69 Å². The van der Waals surface area contributed by atoms with Crippen LogP contribution in [0.15, 0.2) is 45.9 Å². The number of nitrogens with one attached hydrogen (secondary N) is 1. The van der Waals surface area contributed by atoms with Crippen molar-refractivity contribution >= 4 is 33.6 Å². The maximum Gasteiger partial charge on any atom is 0.268 e. The second-order valence-corrected chi connectivity index (χ2v) is 6.59. The first-order chi connectivity index (χ1) is 10.0. The van der Waals surface area contributed by atoms with Crippen LogP contribution in [0.2, 0.25) is 0 Å². The first kappa shape index (κ1) is 16.2. The number of hydrogen-bond acceptors (Lipinski definition) is 2. The lowest BCUT2D eigenvalue weighted by atomic mass is 10.1. The van der Waals surface area contributed by atoms with E-state index in [1.807, 2.05) is 30.7 Å². The van der Waals surface area contributed by atoms with E-state index < -0.39 is 0 Å². The van der Waals surface area contributed by atoms with Gasteiger partial charge in [0.15, 0.2) is 0 Å². The molecule has 2 rings (SSSR count). The molecule has 1 aromatic heterocycles. The molecule has 0 bridgehead atoms. The Bertz CT molecular complexity index is 622. The highest BCUT2D eigenvalue weighted by Gasteiger charge is 2.15. The molecule has 1 heterocycles. The van der Waals surface area contributed by atoms with Crippen LogP contribution in [-0.4, -0.2) is 16.7 Å². The third kappa shape index (κ3) is 3.92. The van der Waals surface area contributed by atoms with Crippen LogP contribution in [-0.2, 0) is 6.54 Å². The summed E-state index contributed by atoms with van der Waals surface area (Å²) in [6.45, 7) is 4.79. The number of halogens is 1. The van der Waals surface area contributed by atoms with E-state index in [0.717, 1.165) is 16.6 Å². The van der Waals surface area contributed by atoms with Crippen molar-refractivity contribution < 1.29 is 4.79 Å². The Labute approximate surface area is 138 Å². The van der Waals surface area contributed by atoms with E-state index in [2.05, 4.69) is 51.8 Å². The zero-order chi connectivity index (χ0) is 15.4. The number of thioether (sulfide) groups is 1. The zero-order valence-electron chi connectivity index (χ0n) is 12.4. The lowest BCUT2D eigenvalue weighted by Gasteiger charge is -2.15. The molecule has 0 fully saturated rings. The number of amides is 1. The molecule has 0 saturated heterocycles. The predicted octanol–water partition coefficient (Wildman–Crippen LogP) is 4.48. The predicted molar refractivity (Wildman–Crippen MR) is 91.9 cm³/mol. The van der Waals surface area contributed by atoms with Gasteiger partial charge >= 0.3 is 0 Å².